The fourth-order valence-corrected chi connectivity index (χ4v) is 0. The van der Waals surface area contributed by atoms with E-state index in [1.165, 1.54) is 0 Å². The topological polar surface area (TPSA) is 172 Å². The first-order valence-electron chi connectivity index (χ1n) is 1.46. The van der Waals surface area contributed by atoms with Gasteiger partial charge in [0.2, 0.25) is 0 Å². The average molecular weight is 431 g/mol. The van der Waals surface area contributed by atoms with Gasteiger partial charge >= 0.3 is 73.7 Å². The number of hydrogen-bond donors (Lipinski definition) is 0. The van der Waals surface area contributed by atoms with E-state index in [0.29, 0.717) is 0 Å². The molecule has 17 heteroatoms. The first kappa shape index (κ1) is 58.2. The summed E-state index contributed by atoms with van der Waals surface area (Å²) < 4.78 is 17.1. The standard InChI is InChI=1S/Fe.3Li.3Mn.2H3O4P/c;;;;;;;2*1-5(2,3)4/h;;;;;;;2*(H3,1,2,3,4)/q+3;3*+1;;;;;/p-6. The zero-order chi connectivity index (χ0) is 9.00. The van der Waals surface area contributed by atoms with Crippen molar-refractivity contribution in [3.63, 3.8) is 0 Å². The van der Waals surface area contributed by atoms with Crippen LogP contribution in [0.15, 0.2) is 0 Å². The van der Waals surface area contributed by atoms with Gasteiger partial charge in [-0.1, -0.05) is 0 Å². The second-order valence-corrected chi connectivity index (χ2v) is 2.68. The maximum atomic E-state index is 8.55. The molecule has 0 aliphatic heterocycles. The molecule has 0 aliphatic rings. The molecule has 0 aliphatic carbocycles. The van der Waals surface area contributed by atoms with E-state index < -0.39 is 15.6 Å². The first-order chi connectivity index (χ1) is 4.00. The molecule has 0 fully saturated rings. The van der Waals surface area contributed by atoms with Gasteiger partial charge in [0.25, 0.3) is 0 Å². The molecule has 4 radical (unpaired) electrons. The molecule has 0 rings (SSSR count). The normalized spacial score (nSPS) is 6.94. The molecular weight excluding hydrogens is 431 g/mol. The predicted molar refractivity (Wildman–Crippen MR) is 15.2 cm³/mol. The molecule has 0 amide bonds. The summed E-state index contributed by atoms with van der Waals surface area (Å²) in [6.07, 6.45) is 0. The molecule has 0 bridgehead atoms. The SMILES string of the molecule is O=P([O-])([O-])[O-].O=P([O-])([O-])[O-].[Fe+3].[Li+].[Li+].[Li+].[Mn].[Mn].[Mn]. The Hall–Kier alpha value is 4.09. The minimum absolute atomic E-state index is 0. The molecule has 0 aromatic carbocycles. The molecular formula is FeLi3Mn3O8P2. The third-order valence-corrected chi connectivity index (χ3v) is 0. The Morgan fingerprint density at radius 2 is 0.529 bits per heavy atom. The summed E-state index contributed by atoms with van der Waals surface area (Å²) in [6.45, 7) is 0. The van der Waals surface area contributed by atoms with Gasteiger partial charge in [0.05, 0.1) is 0 Å². The Morgan fingerprint density at radius 3 is 0.529 bits per heavy atom. The minimum Gasteiger partial charge on any atom is -0.822 e. The fraction of sp³-hybridized carbons (Fsp3) is 0. The number of hydrogen-bond acceptors (Lipinski definition) is 8. The summed E-state index contributed by atoms with van der Waals surface area (Å²) in [5.74, 6) is 0. The molecule has 8 nitrogen and oxygen atoms in total. The van der Waals surface area contributed by atoms with E-state index in [0.717, 1.165) is 0 Å². The molecule has 0 aromatic heterocycles. The first-order valence-corrected chi connectivity index (χ1v) is 4.38. The Bertz CT molecular complexity index is 146. The summed E-state index contributed by atoms with van der Waals surface area (Å²) in [7, 11) is -10.8. The molecule has 0 saturated carbocycles. The largest absolute Gasteiger partial charge is 3.00 e. The Kier molecular flexibility index (Phi) is 96.9. The van der Waals surface area contributed by atoms with Gasteiger partial charge in [-0.2, -0.15) is 15.6 Å². The zero-order valence-corrected chi connectivity index (χ0v) is 15.1. The van der Waals surface area contributed by atoms with Crippen molar-refractivity contribution in [3.8, 4) is 0 Å². The number of rotatable bonds is 0. The van der Waals surface area contributed by atoms with E-state index in [2.05, 4.69) is 0 Å². The monoisotopic (exact) mass is 432 g/mol. The van der Waals surface area contributed by atoms with Crippen molar-refractivity contribution in [1.29, 1.82) is 0 Å². The van der Waals surface area contributed by atoms with Crippen molar-refractivity contribution in [2.75, 3.05) is 0 Å². The Labute approximate surface area is 177 Å². The molecule has 0 atom stereocenters. The van der Waals surface area contributed by atoms with Gasteiger partial charge in [-0.15, -0.1) is 0 Å². The summed E-state index contributed by atoms with van der Waals surface area (Å²) in [5.41, 5.74) is 0. The van der Waals surface area contributed by atoms with Crippen LogP contribution in [0.3, 0.4) is 0 Å². The van der Waals surface area contributed by atoms with E-state index in [1.807, 2.05) is 0 Å². The van der Waals surface area contributed by atoms with Crippen LogP contribution in [0.1, 0.15) is 0 Å². The summed E-state index contributed by atoms with van der Waals surface area (Å²) in [6, 6.07) is 0. The summed E-state index contributed by atoms with van der Waals surface area (Å²) >= 11 is 0. The van der Waals surface area contributed by atoms with E-state index in [4.69, 9.17) is 38.5 Å². The molecule has 0 aromatic rings. The Balaban J connectivity index is -0.00000000762. The van der Waals surface area contributed by atoms with Crippen LogP contribution in [0, 0.1) is 0 Å². The van der Waals surface area contributed by atoms with Gasteiger partial charge in [-0.05, 0) is 0 Å². The smallest absolute Gasteiger partial charge is 0.822 e. The molecule has 90 valence electrons. The zero-order valence-electron chi connectivity index (χ0n) is 8.65. The van der Waals surface area contributed by atoms with Crippen molar-refractivity contribution < 1.29 is 163 Å². The molecule has 0 saturated heterocycles. The van der Waals surface area contributed by atoms with E-state index >= 15 is 0 Å². The van der Waals surface area contributed by atoms with Gasteiger partial charge < -0.3 is 38.5 Å². The van der Waals surface area contributed by atoms with E-state index in [9.17, 15) is 0 Å². The van der Waals surface area contributed by atoms with Crippen LogP contribution in [-0.2, 0) is 77.4 Å². The average Bonchev–Trinajstić information content (AvgIpc) is 1.12. The second-order valence-electron chi connectivity index (χ2n) is 0.894. The molecule has 0 heterocycles. The van der Waals surface area contributed by atoms with Gasteiger partial charge in [-0.3, -0.25) is 0 Å². The van der Waals surface area contributed by atoms with Gasteiger partial charge in [0.15, 0.2) is 0 Å². The van der Waals surface area contributed by atoms with Crippen LogP contribution in [0.25, 0.3) is 0 Å². The third-order valence-electron chi connectivity index (χ3n) is 0. The molecule has 0 unspecified atom stereocenters. The maximum absolute atomic E-state index is 8.55. The molecule has 0 N–H and O–H groups in total. The van der Waals surface area contributed by atoms with Crippen LogP contribution in [-0.4, -0.2) is 0 Å². The molecule has 0 spiro atoms. The maximum Gasteiger partial charge on any atom is 3.00 e. The number of phosphoric acid groups is 2. The van der Waals surface area contributed by atoms with Crippen molar-refractivity contribution in [2.24, 2.45) is 0 Å². The van der Waals surface area contributed by atoms with Gasteiger partial charge in [0, 0.05) is 51.2 Å². The van der Waals surface area contributed by atoms with Crippen molar-refractivity contribution >= 4 is 15.6 Å². The van der Waals surface area contributed by atoms with Crippen LogP contribution in [0.2, 0.25) is 0 Å². The summed E-state index contributed by atoms with van der Waals surface area (Å²) in [4.78, 5) is 51.3. The van der Waals surface area contributed by atoms with Gasteiger partial charge in [-0.25, -0.2) is 0 Å². The minimum atomic E-state index is -5.39. The van der Waals surface area contributed by atoms with Crippen molar-refractivity contribution in [1.82, 2.24) is 0 Å². The van der Waals surface area contributed by atoms with Crippen LogP contribution in [0.4, 0.5) is 0 Å². The fourth-order valence-electron chi connectivity index (χ4n) is 0. The molecule has 17 heavy (non-hydrogen) atoms. The van der Waals surface area contributed by atoms with Crippen LogP contribution in [0.5, 0.6) is 0 Å². The van der Waals surface area contributed by atoms with E-state index in [-0.39, 0.29) is 125 Å². The van der Waals surface area contributed by atoms with Crippen molar-refractivity contribution in [2.45, 2.75) is 0 Å². The quantitative estimate of drug-likeness (QED) is 0.268. The van der Waals surface area contributed by atoms with Crippen LogP contribution >= 0.6 is 15.6 Å². The van der Waals surface area contributed by atoms with Gasteiger partial charge in [0.1, 0.15) is 0 Å². The van der Waals surface area contributed by atoms with Crippen LogP contribution < -0.4 is 85.9 Å². The summed E-state index contributed by atoms with van der Waals surface area (Å²) in [5, 5.41) is 0. The third kappa shape index (κ3) is 393. The van der Waals surface area contributed by atoms with E-state index in [1.54, 1.807) is 0 Å². The Morgan fingerprint density at radius 1 is 0.529 bits per heavy atom. The van der Waals surface area contributed by atoms with Crippen molar-refractivity contribution in [3.05, 3.63) is 0 Å². The predicted octanol–water partition coefficient (Wildman–Crippen LogP) is -14.6. The second kappa shape index (κ2) is 28.3.